The number of benzene rings is 1. The molecule has 3 heterocycles. The van der Waals surface area contributed by atoms with Crippen LogP contribution in [-0.4, -0.2) is 63.9 Å². The van der Waals surface area contributed by atoms with Crippen LogP contribution >= 0.6 is 0 Å². The number of aromatic nitrogens is 1. The number of nitrogens with zero attached hydrogens (tertiary/aromatic N) is 4. The van der Waals surface area contributed by atoms with Crippen molar-refractivity contribution in [1.82, 2.24) is 19.7 Å². The molecular formula is C25H32N4O3. The van der Waals surface area contributed by atoms with Gasteiger partial charge in [-0.1, -0.05) is 32.0 Å². The van der Waals surface area contributed by atoms with Crippen LogP contribution < -0.4 is 4.74 Å². The van der Waals surface area contributed by atoms with Crippen molar-refractivity contribution in [3.05, 3.63) is 59.9 Å². The molecule has 0 aliphatic carbocycles. The van der Waals surface area contributed by atoms with Crippen LogP contribution in [0.2, 0.25) is 0 Å². The first-order valence-corrected chi connectivity index (χ1v) is 11.3. The number of piperidine rings is 1. The Balaban J connectivity index is 1.51. The van der Waals surface area contributed by atoms with Crippen molar-refractivity contribution >= 4 is 11.9 Å². The van der Waals surface area contributed by atoms with Gasteiger partial charge in [-0.05, 0) is 48.6 Å². The highest BCUT2D eigenvalue weighted by atomic mass is 16.5. The summed E-state index contributed by atoms with van der Waals surface area (Å²) in [6, 6.07) is 13.5. The molecule has 0 N–H and O–H groups in total. The van der Waals surface area contributed by atoms with Gasteiger partial charge in [0.25, 0.3) is 5.91 Å². The maximum absolute atomic E-state index is 13.6. The number of methoxy groups -OCH3 is 1. The number of likely N-dealkylation sites (tertiary alicyclic amines) is 1. The van der Waals surface area contributed by atoms with Crippen LogP contribution in [0.1, 0.15) is 37.9 Å². The molecule has 0 atom stereocenters. The number of ether oxygens (including phenoxy) is 1. The predicted octanol–water partition coefficient (Wildman–Crippen LogP) is 3.55. The van der Waals surface area contributed by atoms with Gasteiger partial charge in [-0.2, -0.15) is 0 Å². The van der Waals surface area contributed by atoms with E-state index in [1.54, 1.807) is 13.3 Å². The predicted molar refractivity (Wildman–Crippen MR) is 122 cm³/mol. The zero-order valence-corrected chi connectivity index (χ0v) is 19.2. The molecule has 2 aromatic rings. The Morgan fingerprint density at radius 1 is 1.06 bits per heavy atom. The summed E-state index contributed by atoms with van der Waals surface area (Å²) >= 11 is 0. The van der Waals surface area contributed by atoms with E-state index in [2.05, 4.69) is 29.8 Å². The lowest BCUT2D eigenvalue weighted by molar-refractivity contribution is -0.136. The molecule has 2 fully saturated rings. The van der Waals surface area contributed by atoms with Gasteiger partial charge in [0, 0.05) is 32.4 Å². The van der Waals surface area contributed by atoms with E-state index in [4.69, 9.17) is 4.74 Å². The highest BCUT2D eigenvalue weighted by Gasteiger charge is 2.57. The van der Waals surface area contributed by atoms with Crippen LogP contribution in [0.5, 0.6) is 5.75 Å². The fourth-order valence-electron chi connectivity index (χ4n) is 4.79. The molecule has 2 aliphatic heterocycles. The van der Waals surface area contributed by atoms with E-state index in [9.17, 15) is 9.59 Å². The Kier molecular flexibility index (Phi) is 6.46. The zero-order chi connectivity index (χ0) is 22.7. The SMILES string of the molecule is COc1cccc(CN2CCC3(CC2)C(=O)N(Cc2ccccn2)C(=O)N3CC(C)C)c1. The van der Waals surface area contributed by atoms with Crippen molar-refractivity contribution < 1.29 is 14.3 Å². The van der Waals surface area contributed by atoms with Gasteiger partial charge in [0.15, 0.2) is 0 Å². The number of rotatable bonds is 7. The molecule has 1 spiro atoms. The van der Waals surface area contributed by atoms with E-state index >= 15 is 0 Å². The van der Waals surface area contributed by atoms with Crippen molar-refractivity contribution in [3.63, 3.8) is 0 Å². The van der Waals surface area contributed by atoms with E-state index in [1.807, 2.05) is 41.3 Å². The second kappa shape index (κ2) is 9.28. The number of amides is 3. The van der Waals surface area contributed by atoms with Crippen LogP contribution in [0.25, 0.3) is 0 Å². The number of urea groups is 1. The monoisotopic (exact) mass is 436 g/mol. The number of pyridine rings is 1. The maximum atomic E-state index is 13.6. The number of hydrogen-bond acceptors (Lipinski definition) is 5. The summed E-state index contributed by atoms with van der Waals surface area (Å²) in [6.07, 6.45) is 2.99. The Morgan fingerprint density at radius 3 is 2.50 bits per heavy atom. The minimum atomic E-state index is -0.749. The van der Waals surface area contributed by atoms with Gasteiger partial charge in [0.2, 0.25) is 0 Å². The van der Waals surface area contributed by atoms with Crippen LogP contribution in [-0.2, 0) is 17.9 Å². The third kappa shape index (κ3) is 4.35. The van der Waals surface area contributed by atoms with Gasteiger partial charge in [-0.15, -0.1) is 0 Å². The van der Waals surface area contributed by atoms with Crippen molar-refractivity contribution in [2.75, 3.05) is 26.7 Å². The Labute approximate surface area is 190 Å². The average molecular weight is 437 g/mol. The van der Waals surface area contributed by atoms with Crippen molar-refractivity contribution in [3.8, 4) is 5.75 Å². The van der Waals surface area contributed by atoms with Crippen LogP contribution in [0.3, 0.4) is 0 Å². The van der Waals surface area contributed by atoms with Gasteiger partial charge in [-0.25, -0.2) is 4.79 Å². The molecule has 0 radical (unpaired) electrons. The fraction of sp³-hybridized carbons (Fsp3) is 0.480. The molecule has 1 aromatic heterocycles. The molecule has 2 saturated heterocycles. The molecule has 1 aromatic carbocycles. The van der Waals surface area contributed by atoms with E-state index < -0.39 is 5.54 Å². The standard InChI is InChI=1S/C25H32N4O3/c1-19(2)16-29-24(31)28(18-21-8-4-5-12-26-21)23(30)25(29)10-13-27(14-11-25)17-20-7-6-9-22(15-20)32-3/h4-9,12,15,19H,10-11,13-14,16-18H2,1-3H3. The molecule has 32 heavy (non-hydrogen) atoms. The van der Waals surface area contributed by atoms with Gasteiger partial charge in [-0.3, -0.25) is 19.6 Å². The topological polar surface area (TPSA) is 66.0 Å². The summed E-state index contributed by atoms with van der Waals surface area (Å²) in [6.45, 7) is 7.32. The number of imide groups is 1. The summed E-state index contributed by atoms with van der Waals surface area (Å²) in [4.78, 5) is 36.9. The van der Waals surface area contributed by atoms with E-state index in [1.165, 1.54) is 10.5 Å². The van der Waals surface area contributed by atoms with Crippen molar-refractivity contribution in [1.29, 1.82) is 0 Å². The lowest BCUT2D eigenvalue weighted by atomic mass is 9.85. The van der Waals surface area contributed by atoms with Crippen molar-refractivity contribution in [2.45, 2.75) is 45.3 Å². The first-order valence-electron chi connectivity index (χ1n) is 11.3. The largest absolute Gasteiger partial charge is 0.497 e. The highest BCUT2D eigenvalue weighted by Crippen LogP contribution is 2.38. The second-order valence-corrected chi connectivity index (χ2v) is 9.16. The first-order chi connectivity index (χ1) is 15.4. The Bertz CT molecular complexity index is 955. The van der Waals surface area contributed by atoms with Gasteiger partial charge in [0.1, 0.15) is 11.3 Å². The number of hydrogen-bond donors (Lipinski definition) is 0. The van der Waals surface area contributed by atoms with E-state index in [0.717, 1.165) is 31.1 Å². The second-order valence-electron chi connectivity index (χ2n) is 9.16. The molecule has 0 saturated carbocycles. The summed E-state index contributed by atoms with van der Waals surface area (Å²) in [5, 5.41) is 0. The molecule has 0 unspecified atom stereocenters. The third-order valence-corrected chi connectivity index (χ3v) is 6.44. The number of carbonyl (C=O) groups is 2. The van der Waals surface area contributed by atoms with Crippen LogP contribution in [0.4, 0.5) is 4.79 Å². The third-order valence-electron chi connectivity index (χ3n) is 6.44. The summed E-state index contributed by atoms with van der Waals surface area (Å²) < 4.78 is 5.34. The molecule has 2 aliphatic rings. The summed E-state index contributed by atoms with van der Waals surface area (Å²) in [7, 11) is 1.67. The van der Waals surface area contributed by atoms with E-state index in [-0.39, 0.29) is 24.4 Å². The minimum absolute atomic E-state index is 0.0742. The number of carbonyl (C=O) groups excluding carboxylic acids is 2. The molecule has 0 bridgehead atoms. The van der Waals surface area contributed by atoms with Gasteiger partial charge >= 0.3 is 6.03 Å². The quantitative estimate of drug-likeness (QED) is 0.621. The van der Waals surface area contributed by atoms with Gasteiger partial charge in [0.05, 0.1) is 19.3 Å². The zero-order valence-electron chi connectivity index (χ0n) is 19.2. The van der Waals surface area contributed by atoms with Gasteiger partial charge < -0.3 is 9.64 Å². The normalized spacial score (nSPS) is 18.8. The van der Waals surface area contributed by atoms with E-state index in [0.29, 0.717) is 19.4 Å². The lowest BCUT2D eigenvalue weighted by Crippen LogP contribution is -2.57. The minimum Gasteiger partial charge on any atom is -0.497 e. The highest BCUT2D eigenvalue weighted by molar-refractivity contribution is 6.07. The lowest BCUT2D eigenvalue weighted by Gasteiger charge is -2.42. The Morgan fingerprint density at radius 2 is 1.84 bits per heavy atom. The molecule has 170 valence electrons. The summed E-state index contributed by atoms with van der Waals surface area (Å²) in [5.41, 5.74) is 1.16. The summed E-state index contributed by atoms with van der Waals surface area (Å²) in [5.74, 6) is 1.06. The molecular weight excluding hydrogens is 404 g/mol. The molecule has 7 nitrogen and oxygen atoms in total. The molecule has 3 amide bonds. The molecule has 7 heteroatoms. The molecule has 4 rings (SSSR count). The Hall–Kier alpha value is -2.93. The average Bonchev–Trinajstić information content (AvgIpc) is 2.98. The van der Waals surface area contributed by atoms with Crippen LogP contribution in [0, 0.1) is 5.92 Å². The fourth-order valence-corrected chi connectivity index (χ4v) is 4.79. The first kappa shape index (κ1) is 22.3. The van der Waals surface area contributed by atoms with Crippen LogP contribution in [0.15, 0.2) is 48.7 Å². The van der Waals surface area contributed by atoms with Crippen molar-refractivity contribution in [2.24, 2.45) is 5.92 Å². The smallest absolute Gasteiger partial charge is 0.328 e. The maximum Gasteiger partial charge on any atom is 0.328 e.